The van der Waals surface area contributed by atoms with Gasteiger partial charge in [-0.3, -0.25) is 9.59 Å². The molecule has 0 spiro atoms. The zero-order valence-corrected chi connectivity index (χ0v) is 13.0. The smallest absolute Gasteiger partial charge is 0.256 e. The van der Waals surface area contributed by atoms with E-state index in [1.165, 1.54) is 0 Å². The van der Waals surface area contributed by atoms with Gasteiger partial charge in [0.25, 0.3) is 11.5 Å². The maximum atomic E-state index is 12.2. The fraction of sp³-hybridized carbons (Fsp3) is 0.222. The highest BCUT2D eigenvalue weighted by Gasteiger charge is 2.09. The number of carbonyl (C=O) groups excluding carboxylic acids is 1. The summed E-state index contributed by atoms with van der Waals surface area (Å²) in [6.45, 7) is 0.895. The molecule has 3 N–H and O–H groups in total. The van der Waals surface area contributed by atoms with E-state index in [9.17, 15) is 9.59 Å². The minimum Gasteiger partial charge on any atom is -0.394 e. The van der Waals surface area contributed by atoms with E-state index in [1.54, 1.807) is 18.2 Å². The molecule has 0 aliphatic heterocycles. The van der Waals surface area contributed by atoms with Crippen LogP contribution in [0.25, 0.3) is 21.7 Å². The van der Waals surface area contributed by atoms with E-state index < -0.39 is 0 Å². The van der Waals surface area contributed by atoms with Crippen molar-refractivity contribution in [3.05, 3.63) is 58.4 Å². The maximum Gasteiger partial charge on any atom is 0.256 e. The van der Waals surface area contributed by atoms with Crippen molar-refractivity contribution >= 4 is 27.6 Å². The Morgan fingerprint density at radius 3 is 2.67 bits per heavy atom. The molecule has 0 unspecified atom stereocenters. The van der Waals surface area contributed by atoms with E-state index in [1.807, 2.05) is 24.3 Å². The number of aliphatic hydroxyl groups is 1. The number of fused-ring (bicyclic) bond motifs is 3. The molecule has 1 heterocycles. The number of aromatic amines is 1. The Hall–Kier alpha value is -2.70. The predicted octanol–water partition coefficient (Wildman–Crippen LogP) is 1.42. The summed E-state index contributed by atoms with van der Waals surface area (Å²) < 4.78 is 5.09. The van der Waals surface area contributed by atoms with Gasteiger partial charge >= 0.3 is 0 Å². The monoisotopic (exact) mass is 326 g/mol. The van der Waals surface area contributed by atoms with Gasteiger partial charge in [-0.25, -0.2) is 0 Å². The summed E-state index contributed by atoms with van der Waals surface area (Å²) in [7, 11) is 0. The fourth-order valence-corrected chi connectivity index (χ4v) is 2.63. The third kappa shape index (κ3) is 3.29. The molecule has 1 amide bonds. The number of hydrogen-bond acceptors (Lipinski definition) is 4. The van der Waals surface area contributed by atoms with Gasteiger partial charge in [-0.2, -0.15) is 0 Å². The molecule has 3 aromatic rings. The highest BCUT2D eigenvalue weighted by molar-refractivity contribution is 6.07. The summed E-state index contributed by atoms with van der Waals surface area (Å²) in [5.74, 6) is -0.237. The van der Waals surface area contributed by atoms with Crippen LogP contribution >= 0.6 is 0 Å². The Kier molecular flexibility index (Phi) is 4.88. The molecule has 0 bridgehead atoms. The SMILES string of the molecule is O=C(NCCOCCO)c1ccc2c(c1)[nH]c(=O)c1ccccc12. The van der Waals surface area contributed by atoms with Crippen LogP contribution < -0.4 is 10.9 Å². The third-order valence-corrected chi connectivity index (χ3v) is 3.76. The molecular formula is C18H18N2O4. The van der Waals surface area contributed by atoms with Gasteiger partial charge < -0.3 is 20.1 Å². The molecule has 2 aromatic carbocycles. The average Bonchev–Trinajstić information content (AvgIpc) is 2.61. The summed E-state index contributed by atoms with van der Waals surface area (Å²) in [4.78, 5) is 27.1. The number of ether oxygens (including phenoxy) is 1. The molecular weight excluding hydrogens is 308 g/mol. The van der Waals surface area contributed by atoms with Crippen molar-refractivity contribution in [2.75, 3.05) is 26.4 Å². The Labute approximate surface area is 138 Å². The first kappa shape index (κ1) is 16.2. The lowest BCUT2D eigenvalue weighted by Gasteiger charge is -2.08. The van der Waals surface area contributed by atoms with E-state index in [4.69, 9.17) is 9.84 Å². The van der Waals surface area contributed by atoms with E-state index >= 15 is 0 Å². The molecule has 3 rings (SSSR count). The normalized spacial score (nSPS) is 11.0. The van der Waals surface area contributed by atoms with E-state index in [-0.39, 0.29) is 24.7 Å². The van der Waals surface area contributed by atoms with Crippen LogP contribution in [-0.2, 0) is 4.74 Å². The molecule has 0 aliphatic carbocycles. The van der Waals surface area contributed by atoms with Crippen LogP contribution in [0.1, 0.15) is 10.4 Å². The second-order valence-corrected chi connectivity index (χ2v) is 5.35. The van der Waals surface area contributed by atoms with Crippen molar-refractivity contribution in [3.8, 4) is 0 Å². The Balaban J connectivity index is 1.85. The number of benzene rings is 2. The summed E-state index contributed by atoms with van der Waals surface area (Å²) in [5.41, 5.74) is 0.923. The van der Waals surface area contributed by atoms with Crippen LogP contribution in [0.4, 0.5) is 0 Å². The van der Waals surface area contributed by atoms with Crippen molar-refractivity contribution in [2.45, 2.75) is 0 Å². The molecule has 124 valence electrons. The number of hydrogen-bond donors (Lipinski definition) is 3. The van der Waals surface area contributed by atoms with Gasteiger partial charge in [0.05, 0.1) is 19.8 Å². The zero-order chi connectivity index (χ0) is 16.9. The van der Waals surface area contributed by atoms with Crippen molar-refractivity contribution in [2.24, 2.45) is 0 Å². The van der Waals surface area contributed by atoms with Crippen LogP contribution in [-0.4, -0.2) is 42.4 Å². The average molecular weight is 326 g/mol. The molecule has 0 radical (unpaired) electrons. The lowest BCUT2D eigenvalue weighted by molar-refractivity contribution is 0.0838. The quantitative estimate of drug-likeness (QED) is 0.472. The molecule has 0 aliphatic rings. The van der Waals surface area contributed by atoms with Gasteiger partial charge in [-0.1, -0.05) is 24.3 Å². The molecule has 6 nitrogen and oxygen atoms in total. The minimum absolute atomic E-state index is 0.0417. The van der Waals surface area contributed by atoms with E-state index in [0.29, 0.717) is 29.6 Å². The van der Waals surface area contributed by atoms with E-state index in [0.717, 1.165) is 10.8 Å². The van der Waals surface area contributed by atoms with E-state index in [2.05, 4.69) is 10.3 Å². The van der Waals surface area contributed by atoms with Gasteiger partial charge in [0.2, 0.25) is 0 Å². The van der Waals surface area contributed by atoms with Crippen molar-refractivity contribution in [1.82, 2.24) is 10.3 Å². The van der Waals surface area contributed by atoms with Crippen molar-refractivity contribution < 1.29 is 14.6 Å². The summed E-state index contributed by atoms with van der Waals surface area (Å²) >= 11 is 0. The second kappa shape index (κ2) is 7.25. The Bertz CT molecular complexity index is 933. The molecule has 0 atom stereocenters. The second-order valence-electron chi connectivity index (χ2n) is 5.35. The number of H-pyrrole nitrogens is 1. The first-order chi connectivity index (χ1) is 11.7. The molecule has 24 heavy (non-hydrogen) atoms. The lowest BCUT2D eigenvalue weighted by Crippen LogP contribution is -2.27. The first-order valence-corrected chi connectivity index (χ1v) is 7.72. The van der Waals surface area contributed by atoms with Crippen molar-refractivity contribution in [1.29, 1.82) is 0 Å². The number of carbonyl (C=O) groups is 1. The number of nitrogens with one attached hydrogen (secondary N) is 2. The van der Waals surface area contributed by atoms with Gasteiger partial charge in [0.15, 0.2) is 0 Å². The predicted molar refractivity (Wildman–Crippen MR) is 92.3 cm³/mol. The van der Waals surface area contributed by atoms with Crippen LogP contribution in [0, 0.1) is 0 Å². The minimum atomic E-state index is -0.237. The number of aliphatic hydroxyl groups excluding tert-OH is 1. The molecule has 0 fully saturated rings. The van der Waals surface area contributed by atoms with Crippen LogP contribution in [0.5, 0.6) is 0 Å². The molecule has 6 heteroatoms. The Morgan fingerprint density at radius 1 is 1.08 bits per heavy atom. The number of rotatable bonds is 6. The van der Waals surface area contributed by atoms with Crippen LogP contribution in [0.3, 0.4) is 0 Å². The molecule has 0 saturated heterocycles. The van der Waals surface area contributed by atoms with Gasteiger partial charge in [0, 0.05) is 28.4 Å². The molecule has 0 saturated carbocycles. The number of pyridine rings is 1. The maximum absolute atomic E-state index is 12.2. The lowest BCUT2D eigenvalue weighted by atomic mass is 10.0. The van der Waals surface area contributed by atoms with Gasteiger partial charge in [-0.15, -0.1) is 0 Å². The largest absolute Gasteiger partial charge is 0.394 e. The number of aromatic nitrogens is 1. The summed E-state index contributed by atoms with van der Waals surface area (Å²) in [6.07, 6.45) is 0. The van der Waals surface area contributed by atoms with Crippen molar-refractivity contribution in [3.63, 3.8) is 0 Å². The Morgan fingerprint density at radius 2 is 1.88 bits per heavy atom. The topological polar surface area (TPSA) is 91.4 Å². The highest BCUT2D eigenvalue weighted by atomic mass is 16.5. The first-order valence-electron chi connectivity index (χ1n) is 7.72. The van der Waals surface area contributed by atoms with Gasteiger partial charge in [-0.05, 0) is 23.6 Å². The highest BCUT2D eigenvalue weighted by Crippen LogP contribution is 2.21. The van der Waals surface area contributed by atoms with Crippen LogP contribution in [0.15, 0.2) is 47.3 Å². The number of amides is 1. The zero-order valence-electron chi connectivity index (χ0n) is 13.0. The fourth-order valence-electron chi connectivity index (χ4n) is 2.63. The van der Waals surface area contributed by atoms with Crippen LogP contribution in [0.2, 0.25) is 0 Å². The summed E-state index contributed by atoms with van der Waals surface area (Å²) in [5, 5.41) is 13.7. The standard InChI is InChI=1S/C18H18N2O4/c21-8-10-24-9-7-19-17(22)12-5-6-14-13-3-1-2-4-15(13)18(23)20-16(14)11-12/h1-6,11,21H,7-10H2,(H,19,22)(H,20,23). The third-order valence-electron chi connectivity index (χ3n) is 3.76. The van der Waals surface area contributed by atoms with Gasteiger partial charge in [0.1, 0.15) is 0 Å². The summed E-state index contributed by atoms with van der Waals surface area (Å²) in [6, 6.07) is 12.6. The molecule has 1 aromatic heterocycles.